The Kier molecular flexibility index (Phi) is 5.08. The first-order valence-corrected chi connectivity index (χ1v) is 7.22. The van der Waals surface area contributed by atoms with E-state index in [4.69, 9.17) is 4.74 Å². The van der Waals surface area contributed by atoms with Gasteiger partial charge in [0.1, 0.15) is 5.75 Å². The van der Waals surface area contributed by atoms with E-state index in [0.717, 1.165) is 17.7 Å². The van der Waals surface area contributed by atoms with Gasteiger partial charge >= 0.3 is 6.18 Å². The third kappa shape index (κ3) is 3.73. The van der Waals surface area contributed by atoms with Gasteiger partial charge in [-0.2, -0.15) is 13.2 Å². The molecule has 0 amide bonds. The summed E-state index contributed by atoms with van der Waals surface area (Å²) in [6.07, 6.45) is -4.02. The van der Waals surface area contributed by atoms with Crippen molar-refractivity contribution in [3.05, 3.63) is 65.2 Å². The Hall–Kier alpha value is -2.30. The number of methoxy groups -OCH3 is 1. The maximum absolute atomic E-state index is 12.9. The van der Waals surface area contributed by atoms with E-state index in [-0.39, 0.29) is 17.1 Å². The van der Waals surface area contributed by atoms with Crippen LogP contribution in [0.25, 0.3) is 0 Å². The van der Waals surface area contributed by atoms with Gasteiger partial charge in [0.15, 0.2) is 5.78 Å². The lowest BCUT2D eigenvalue weighted by molar-refractivity contribution is -0.137. The number of alkyl halides is 3. The minimum absolute atomic E-state index is 0.0435. The van der Waals surface area contributed by atoms with E-state index in [0.29, 0.717) is 6.42 Å². The molecule has 0 fully saturated rings. The second-order valence-electron chi connectivity index (χ2n) is 5.15. The minimum Gasteiger partial charge on any atom is -0.496 e. The van der Waals surface area contributed by atoms with E-state index in [9.17, 15) is 18.0 Å². The van der Waals surface area contributed by atoms with Gasteiger partial charge in [0.2, 0.25) is 0 Å². The molecule has 5 heteroatoms. The van der Waals surface area contributed by atoms with E-state index in [2.05, 4.69) is 0 Å². The van der Waals surface area contributed by atoms with Crippen molar-refractivity contribution in [1.82, 2.24) is 0 Å². The van der Waals surface area contributed by atoms with Crippen LogP contribution in [0.15, 0.2) is 48.5 Å². The van der Waals surface area contributed by atoms with Crippen molar-refractivity contribution < 1.29 is 22.7 Å². The number of benzene rings is 2. The van der Waals surface area contributed by atoms with Crippen LogP contribution in [0.5, 0.6) is 5.75 Å². The lowest BCUT2D eigenvalue weighted by Crippen LogP contribution is -2.15. The van der Waals surface area contributed by atoms with Gasteiger partial charge in [-0.1, -0.05) is 37.3 Å². The second-order valence-corrected chi connectivity index (χ2v) is 5.15. The summed E-state index contributed by atoms with van der Waals surface area (Å²) in [5.41, 5.74) is -0.123. The summed E-state index contributed by atoms with van der Waals surface area (Å²) < 4.78 is 43.8. The Morgan fingerprint density at radius 3 is 2.30 bits per heavy atom. The summed E-state index contributed by atoms with van der Waals surface area (Å²) >= 11 is 0. The molecule has 2 aromatic carbocycles. The number of rotatable bonds is 5. The van der Waals surface area contributed by atoms with Crippen LogP contribution in [0.1, 0.15) is 40.7 Å². The summed E-state index contributed by atoms with van der Waals surface area (Å²) in [6.45, 7) is 1.83. The van der Waals surface area contributed by atoms with Gasteiger partial charge in [-0.3, -0.25) is 4.79 Å². The molecule has 0 aliphatic rings. The zero-order chi connectivity index (χ0) is 17.0. The van der Waals surface area contributed by atoms with Crippen molar-refractivity contribution >= 4 is 5.78 Å². The monoisotopic (exact) mass is 322 g/mol. The SMILES string of the molecule is CCC(C(=O)c1cc(C(F)(F)F)ccc1OC)c1ccccc1. The molecule has 0 radical (unpaired) electrons. The van der Waals surface area contributed by atoms with Crippen molar-refractivity contribution in [2.75, 3.05) is 7.11 Å². The molecule has 0 N–H and O–H groups in total. The lowest BCUT2D eigenvalue weighted by atomic mass is 9.87. The fraction of sp³-hybridized carbons (Fsp3) is 0.278. The average molecular weight is 322 g/mol. The number of hydrogen-bond donors (Lipinski definition) is 0. The van der Waals surface area contributed by atoms with Gasteiger partial charge < -0.3 is 4.74 Å². The summed E-state index contributed by atoms with van der Waals surface area (Å²) in [4.78, 5) is 12.8. The fourth-order valence-electron chi connectivity index (χ4n) is 2.52. The maximum atomic E-state index is 12.9. The number of halogens is 3. The topological polar surface area (TPSA) is 26.3 Å². The molecule has 23 heavy (non-hydrogen) atoms. The van der Waals surface area contributed by atoms with Crippen LogP contribution in [-0.4, -0.2) is 12.9 Å². The Morgan fingerprint density at radius 2 is 1.78 bits per heavy atom. The molecule has 2 aromatic rings. The minimum atomic E-state index is -4.50. The van der Waals surface area contributed by atoms with E-state index in [1.165, 1.54) is 13.2 Å². The molecule has 0 saturated heterocycles. The molecule has 0 aromatic heterocycles. The quantitative estimate of drug-likeness (QED) is 0.717. The number of ether oxygens (including phenoxy) is 1. The van der Waals surface area contributed by atoms with Crippen LogP contribution in [0, 0.1) is 0 Å². The van der Waals surface area contributed by atoms with Crippen LogP contribution < -0.4 is 4.74 Å². The number of ketones is 1. The molecular formula is C18H17F3O2. The first-order valence-electron chi connectivity index (χ1n) is 7.22. The largest absolute Gasteiger partial charge is 0.496 e. The Bertz CT molecular complexity index is 678. The molecule has 0 spiro atoms. The number of Topliss-reactive ketones (excluding diaryl/α,β-unsaturated/α-hetero) is 1. The van der Waals surface area contributed by atoms with Crippen molar-refractivity contribution in [2.45, 2.75) is 25.4 Å². The second kappa shape index (κ2) is 6.86. The summed E-state index contributed by atoms with van der Waals surface area (Å²) in [5.74, 6) is -0.729. The smallest absolute Gasteiger partial charge is 0.416 e. The van der Waals surface area contributed by atoms with E-state index < -0.39 is 17.7 Å². The molecule has 2 rings (SSSR count). The Labute approximate surface area is 132 Å². The summed E-state index contributed by atoms with van der Waals surface area (Å²) in [5, 5.41) is 0. The van der Waals surface area contributed by atoms with Gasteiger partial charge in [0.25, 0.3) is 0 Å². The summed E-state index contributed by atoms with van der Waals surface area (Å²) in [7, 11) is 1.34. The predicted molar refractivity (Wildman–Crippen MR) is 81.8 cm³/mol. The zero-order valence-electron chi connectivity index (χ0n) is 12.9. The molecule has 2 nitrogen and oxygen atoms in total. The fourth-order valence-corrected chi connectivity index (χ4v) is 2.52. The highest BCUT2D eigenvalue weighted by Gasteiger charge is 2.33. The van der Waals surface area contributed by atoms with Gasteiger partial charge in [-0.15, -0.1) is 0 Å². The standard InChI is InChI=1S/C18H17F3O2/c1-3-14(12-7-5-4-6-8-12)17(22)15-11-13(18(19,20)21)9-10-16(15)23-2/h4-11,14H,3H2,1-2H3. The van der Waals surface area contributed by atoms with Crippen molar-refractivity contribution in [3.8, 4) is 5.75 Å². The lowest BCUT2D eigenvalue weighted by Gasteiger charge is -2.17. The van der Waals surface area contributed by atoms with Crippen molar-refractivity contribution in [2.24, 2.45) is 0 Å². The highest BCUT2D eigenvalue weighted by Crippen LogP contribution is 2.35. The Balaban J connectivity index is 2.48. The normalized spacial score (nSPS) is 12.7. The first kappa shape index (κ1) is 17.1. The van der Waals surface area contributed by atoms with E-state index in [1.807, 2.05) is 13.0 Å². The highest BCUT2D eigenvalue weighted by atomic mass is 19.4. The molecule has 1 unspecified atom stereocenters. The maximum Gasteiger partial charge on any atom is 0.416 e. The van der Waals surface area contributed by atoms with Crippen LogP contribution in [0.3, 0.4) is 0 Å². The molecule has 0 aliphatic heterocycles. The molecule has 0 saturated carbocycles. The molecule has 0 aliphatic carbocycles. The van der Waals surface area contributed by atoms with Gasteiger partial charge in [0.05, 0.1) is 18.2 Å². The third-order valence-electron chi connectivity index (χ3n) is 3.72. The van der Waals surface area contributed by atoms with Crippen molar-refractivity contribution in [3.63, 3.8) is 0 Å². The number of hydrogen-bond acceptors (Lipinski definition) is 2. The molecule has 1 atom stereocenters. The third-order valence-corrected chi connectivity index (χ3v) is 3.72. The van der Waals surface area contributed by atoms with Crippen LogP contribution >= 0.6 is 0 Å². The van der Waals surface area contributed by atoms with E-state index >= 15 is 0 Å². The summed E-state index contributed by atoms with van der Waals surface area (Å²) in [6, 6.07) is 12.0. The van der Waals surface area contributed by atoms with Crippen LogP contribution in [0.2, 0.25) is 0 Å². The molecule has 0 bridgehead atoms. The van der Waals surface area contributed by atoms with Gasteiger partial charge in [-0.05, 0) is 30.2 Å². The van der Waals surface area contributed by atoms with Crippen LogP contribution in [-0.2, 0) is 6.18 Å². The highest BCUT2D eigenvalue weighted by molar-refractivity contribution is 6.03. The zero-order valence-corrected chi connectivity index (χ0v) is 12.9. The van der Waals surface area contributed by atoms with Crippen LogP contribution in [0.4, 0.5) is 13.2 Å². The Morgan fingerprint density at radius 1 is 1.13 bits per heavy atom. The van der Waals surface area contributed by atoms with Crippen molar-refractivity contribution in [1.29, 1.82) is 0 Å². The van der Waals surface area contributed by atoms with Gasteiger partial charge in [0, 0.05) is 5.92 Å². The molecule has 0 heterocycles. The average Bonchev–Trinajstić information content (AvgIpc) is 2.55. The number of carbonyl (C=O) groups is 1. The predicted octanol–water partition coefficient (Wildman–Crippen LogP) is 5.09. The number of carbonyl (C=O) groups excluding carboxylic acids is 1. The van der Waals surface area contributed by atoms with E-state index in [1.54, 1.807) is 24.3 Å². The molecule has 122 valence electrons. The van der Waals surface area contributed by atoms with Gasteiger partial charge in [-0.25, -0.2) is 0 Å². The first-order chi connectivity index (χ1) is 10.9. The molecular weight excluding hydrogens is 305 g/mol.